The van der Waals surface area contributed by atoms with Gasteiger partial charge in [0.1, 0.15) is 11.6 Å². The summed E-state index contributed by atoms with van der Waals surface area (Å²) in [5, 5.41) is 12.0. The van der Waals surface area contributed by atoms with Crippen LogP contribution in [0.1, 0.15) is 27.6 Å². The molecule has 2 rings (SSSR count). The maximum atomic E-state index is 13.0. The van der Waals surface area contributed by atoms with Gasteiger partial charge in [-0.05, 0) is 36.4 Å². The van der Waals surface area contributed by atoms with E-state index in [0.29, 0.717) is 0 Å². The van der Waals surface area contributed by atoms with Gasteiger partial charge < -0.3 is 15.2 Å². The van der Waals surface area contributed by atoms with Crippen LogP contribution in [0.4, 0.5) is 10.1 Å². The second-order valence-electron chi connectivity index (χ2n) is 4.92. The average Bonchev–Trinajstić information content (AvgIpc) is 2.54. The number of carbonyl (C=O) groups is 3. The van der Waals surface area contributed by atoms with Crippen LogP contribution in [0.25, 0.3) is 0 Å². The normalized spacial score (nSPS) is 10.1. The van der Waals surface area contributed by atoms with E-state index in [-0.39, 0.29) is 22.6 Å². The number of aromatic hydroxyl groups is 1. The third-order valence-corrected chi connectivity index (χ3v) is 3.02. The Balaban J connectivity index is 2.04. The predicted octanol–water partition coefficient (Wildman–Crippen LogP) is 2.53. The number of benzene rings is 2. The molecule has 0 radical (unpaired) electrons. The number of ketones is 1. The number of carbonyl (C=O) groups excluding carboxylic acids is 3. The molecule has 124 valence electrons. The van der Waals surface area contributed by atoms with E-state index in [1.165, 1.54) is 43.3 Å². The Morgan fingerprint density at radius 3 is 2.54 bits per heavy atom. The summed E-state index contributed by atoms with van der Waals surface area (Å²) in [6.45, 7) is 0.703. The van der Waals surface area contributed by atoms with Gasteiger partial charge in [-0.25, -0.2) is 9.18 Å². The molecule has 0 aliphatic heterocycles. The Labute approximate surface area is 136 Å². The van der Waals surface area contributed by atoms with Crippen molar-refractivity contribution in [3.63, 3.8) is 0 Å². The van der Waals surface area contributed by atoms with Crippen LogP contribution in [0.5, 0.6) is 5.75 Å². The quantitative estimate of drug-likeness (QED) is 0.499. The summed E-state index contributed by atoms with van der Waals surface area (Å²) in [5.74, 6) is -2.56. The molecule has 0 aliphatic rings. The van der Waals surface area contributed by atoms with Crippen molar-refractivity contribution >= 4 is 23.3 Å². The zero-order valence-electron chi connectivity index (χ0n) is 12.7. The molecule has 0 fully saturated rings. The highest BCUT2D eigenvalue weighted by Gasteiger charge is 2.14. The molecule has 24 heavy (non-hydrogen) atoms. The van der Waals surface area contributed by atoms with E-state index in [1.54, 1.807) is 0 Å². The van der Waals surface area contributed by atoms with Crippen LogP contribution in [0.15, 0.2) is 42.5 Å². The van der Waals surface area contributed by atoms with Crippen molar-refractivity contribution in [1.29, 1.82) is 0 Å². The van der Waals surface area contributed by atoms with Crippen LogP contribution >= 0.6 is 0 Å². The summed E-state index contributed by atoms with van der Waals surface area (Å²) in [6.07, 6.45) is 0. The van der Waals surface area contributed by atoms with Crippen LogP contribution in [-0.2, 0) is 9.53 Å². The Hall–Kier alpha value is -3.22. The maximum absolute atomic E-state index is 13.0. The average molecular weight is 331 g/mol. The number of Topliss-reactive ketones (excluding diaryl/α,β-unsaturated/α-hetero) is 1. The monoisotopic (exact) mass is 331 g/mol. The van der Waals surface area contributed by atoms with Gasteiger partial charge in [-0.3, -0.25) is 9.59 Å². The van der Waals surface area contributed by atoms with Crippen molar-refractivity contribution in [3.8, 4) is 5.75 Å². The number of esters is 1. The third kappa shape index (κ3) is 4.39. The minimum Gasteiger partial charge on any atom is -0.506 e. The molecule has 6 nitrogen and oxygen atoms in total. The Morgan fingerprint density at radius 2 is 1.88 bits per heavy atom. The van der Waals surface area contributed by atoms with E-state index in [0.717, 1.165) is 6.07 Å². The van der Waals surface area contributed by atoms with Crippen LogP contribution in [0.2, 0.25) is 0 Å². The SMILES string of the molecule is CC(=O)Nc1cc(C(=O)COC(=O)c2cccc(F)c2)ccc1O. The summed E-state index contributed by atoms with van der Waals surface area (Å²) in [4.78, 5) is 34.9. The minimum absolute atomic E-state index is 0.00700. The molecule has 1 amide bonds. The molecule has 0 atom stereocenters. The van der Waals surface area contributed by atoms with Crippen molar-refractivity contribution < 1.29 is 28.6 Å². The Bertz CT molecular complexity index is 803. The third-order valence-electron chi connectivity index (χ3n) is 3.02. The molecule has 0 saturated heterocycles. The summed E-state index contributed by atoms with van der Waals surface area (Å²) < 4.78 is 17.9. The second kappa shape index (κ2) is 7.36. The lowest BCUT2D eigenvalue weighted by molar-refractivity contribution is -0.114. The van der Waals surface area contributed by atoms with Crippen molar-refractivity contribution in [2.24, 2.45) is 0 Å². The lowest BCUT2D eigenvalue weighted by Crippen LogP contribution is -2.15. The number of amides is 1. The lowest BCUT2D eigenvalue weighted by Gasteiger charge is -2.08. The van der Waals surface area contributed by atoms with Gasteiger partial charge in [0.25, 0.3) is 0 Å². The van der Waals surface area contributed by atoms with Gasteiger partial charge in [-0.2, -0.15) is 0 Å². The van der Waals surface area contributed by atoms with E-state index in [4.69, 9.17) is 4.74 Å². The fraction of sp³-hybridized carbons (Fsp3) is 0.118. The van der Waals surface area contributed by atoms with E-state index >= 15 is 0 Å². The highest BCUT2D eigenvalue weighted by Crippen LogP contribution is 2.24. The van der Waals surface area contributed by atoms with Gasteiger partial charge in [-0.15, -0.1) is 0 Å². The molecule has 0 heterocycles. The zero-order chi connectivity index (χ0) is 17.7. The summed E-state index contributed by atoms with van der Waals surface area (Å²) >= 11 is 0. The molecular formula is C17H14FNO5. The highest BCUT2D eigenvalue weighted by molar-refractivity contribution is 6.01. The second-order valence-corrected chi connectivity index (χ2v) is 4.92. The number of rotatable bonds is 5. The molecule has 0 saturated carbocycles. The summed E-state index contributed by atoms with van der Waals surface area (Å²) in [6, 6.07) is 8.75. The Kier molecular flexibility index (Phi) is 5.26. The molecule has 0 bridgehead atoms. The van der Waals surface area contributed by atoms with Crippen LogP contribution in [-0.4, -0.2) is 29.4 Å². The molecule has 0 spiro atoms. The molecular weight excluding hydrogens is 317 g/mol. The standard InChI is InChI=1S/C17H14FNO5/c1-10(20)19-14-8-11(5-6-15(14)21)16(22)9-24-17(23)12-3-2-4-13(18)7-12/h2-8,21H,9H2,1H3,(H,19,20). The number of phenols is 1. The van der Waals surface area contributed by atoms with Gasteiger partial charge in [0.2, 0.25) is 5.91 Å². The molecule has 0 aromatic heterocycles. The van der Waals surface area contributed by atoms with E-state index in [9.17, 15) is 23.9 Å². The molecule has 0 aliphatic carbocycles. The van der Waals surface area contributed by atoms with Crippen molar-refractivity contribution in [1.82, 2.24) is 0 Å². The zero-order valence-corrected chi connectivity index (χ0v) is 12.7. The Morgan fingerprint density at radius 1 is 1.12 bits per heavy atom. The maximum Gasteiger partial charge on any atom is 0.338 e. The summed E-state index contributed by atoms with van der Waals surface area (Å²) in [7, 11) is 0. The number of hydrogen-bond acceptors (Lipinski definition) is 5. The molecule has 0 unspecified atom stereocenters. The van der Waals surface area contributed by atoms with E-state index in [1.807, 2.05) is 0 Å². The van der Waals surface area contributed by atoms with Gasteiger partial charge in [0.05, 0.1) is 11.3 Å². The largest absolute Gasteiger partial charge is 0.506 e. The first kappa shape index (κ1) is 17.1. The lowest BCUT2D eigenvalue weighted by atomic mass is 10.1. The van der Waals surface area contributed by atoms with Crippen molar-refractivity contribution in [2.75, 3.05) is 11.9 Å². The van der Waals surface area contributed by atoms with Gasteiger partial charge in [0, 0.05) is 12.5 Å². The number of ether oxygens (including phenoxy) is 1. The smallest absolute Gasteiger partial charge is 0.338 e. The minimum atomic E-state index is -0.830. The van der Waals surface area contributed by atoms with Gasteiger partial charge >= 0.3 is 5.97 Å². The molecule has 2 aromatic rings. The topological polar surface area (TPSA) is 92.7 Å². The highest BCUT2D eigenvalue weighted by atomic mass is 19.1. The number of phenolic OH excluding ortho intramolecular Hbond substituents is 1. The van der Waals surface area contributed by atoms with Crippen LogP contribution in [0.3, 0.4) is 0 Å². The first-order valence-corrected chi connectivity index (χ1v) is 6.93. The van der Waals surface area contributed by atoms with E-state index < -0.39 is 30.1 Å². The number of halogens is 1. The number of anilines is 1. The summed E-state index contributed by atoms with van der Waals surface area (Å²) in [5.41, 5.74) is 0.209. The predicted molar refractivity (Wildman–Crippen MR) is 83.4 cm³/mol. The fourth-order valence-electron chi connectivity index (χ4n) is 1.91. The molecule has 2 N–H and O–H groups in total. The van der Waals surface area contributed by atoms with Crippen LogP contribution < -0.4 is 5.32 Å². The first-order valence-electron chi connectivity index (χ1n) is 6.93. The fourth-order valence-corrected chi connectivity index (χ4v) is 1.91. The number of nitrogens with one attached hydrogen (secondary N) is 1. The molecule has 2 aromatic carbocycles. The van der Waals surface area contributed by atoms with Gasteiger partial charge in [0.15, 0.2) is 12.4 Å². The molecule has 7 heteroatoms. The number of hydrogen-bond donors (Lipinski definition) is 2. The van der Waals surface area contributed by atoms with E-state index in [2.05, 4.69) is 5.32 Å². The van der Waals surface area contributed by atoms with Crippen LogP contribution in [0, 0.1) is 5.82 Å². The first-order chi connectivity index (χ1) is 11.4. The van der Waals surface area contributed by atoms with Gasteiger partial charge in [-0.1, -0.05) is 6.07 Å². The van der Waals surface area contributed by atoms with Crippen molar-refractivity contribution in [2.45, 2.75) is 6.92 Å². The van der Waals surface area contributed by atoms with Crippen molar-refractivity contribution in [3.05, 3.63) is 59.4 Å².